The third kappa shape index (κ3) is 1.46. The van der Waals surface area contributed by atoms with Crippen molar-refractivity contribution in [2.75, 3.05) is 0 Å². The van der Waals surface area contributed by atoms with Gasteiger partial charge in [0.15, 0.2) is 5.82 Å². The van der Waals surface area contributed by atoms with E-state index in [4.69, 9.17) is 5.73 Å². The quantitative estimate of drug-likeness (QED) is 0.631. The zero-order valence-corrected chi connectivity index (χ0v) is 9.69. The van der Waals surface area contributed by atoms with E-state index in [1.54, 1.807) is 18.5 Å². The molecule has 18 heavy (non-hydrogen) atoms. The number of H-pyrrole nitrogens is 2. The van der Waals surface area contributed by atoms with Crippen molar-refractivity contribution in [2.45, 2.75) is 6.92 Å². The first kappa shape index (κ1) is 10.5. The average molecular weight is 241 g/mol. The fraction of sp³-hybridized carbons (Fsp3) is 0.0833. The number of hydrogen-bond acceptors (Lipinski definition) is 3. The van der Waals surface area contributed by atoms with Crippen molar-refractivity contribution in [3.63, 3.8) is 0 Å². The fourth-order valence-corrected chi connectivity index (χ4v) is 1.94. The number of imidazole rings is 2. The lowest BCUT2D eigenvalue weighted by Gasteiger charge is -1.94. The number of hydrogen-bond donors (Lipinski definition) is 3. The molecule has 0 aliphatic rings. The molecule has 0 spiro atoms. The van der Waals surface area contributed by atoms with E-state index in [2.05, 4.69) is 19.9 Å². The molecule has 0 aliphatic heterocycles. The van der Waals surface area contributed by atoms with Crippen molar-refractivity contribution in [3.05, 3.63) is 35.8 Å². The van der Waals surface area contributed by atoms with Gasteiger partial charge in [-0.1, -0.05) is 6.07 Å². The molecule has 0 bridgehead atoms. The maximum Gasteiger partial charge on any atom is 0.250 e. The van der Waals surface area contributed by atoms with Gasteiger partial charge < -0.3 is 15.7 Å². The molecule has 90 valence electrons. The van der Waals surface area contributed by atoms with Crippen LogP contribution in [0.15, 0.2) is 24.5 Å². The van der Waals surface area contributed by atoms with E-state index in [0.717, 1.165) is 16.9 Å². The highest BCUT2D eigenvalue weighted by Gasteiger charge is 2.14. The number of rotatable bonds is 2. The standard InChI is InChI=1S/C12H11N5O/c1-6-9(15-5-14-6)12-16-8-4-2-3-7(11(13)18)10(8)17-12/h2-5H,1H3,(H2,13,18)(H,14,15)(H,16,17). The number of carbonyl (C=O) groups excluding carboxylic acids is 1. The Labute approximate surface area is 102 Å². The highest BCUT2D eigenvalue weighted by molar-refractivity contribution is 6.04. The highest BCUT2D eigenvalue weighted by Crippen LogP contribution is 2.22. The average Bonchev–Trinajstić information content (AvgIpc) is 2.92. The Hall–Kier alpha value is -2.63. The Morgan fingerprint density at radius 2 is 2.22 bits per heavy atom. The second-order valence-electron chi connectivity index (χ2n) is 4.03. The van der Waals surface area contributed by atoms with Crippen LogP contribution >= 0.6 is 0 Å². The molecule has 0 aliphatic carbocycles. The Morgan fingerprint density at radius 3 is 2.89 bits per heavy atom. The lowest BCUT2D eigenvalue weighted by Crippen LogP contribution is -2.11. The van der Waals surface area contributed by atoms with E-state index >= 15 is 0 Å². The summed E-state index contributed by atoms with van der Waals surface area (Å²) in [4.78, 5) is 26.0. The van der Waals surface area contributed by atoms with Crippen LogP contribution in [0.5, 0.6) is 0 Å². The van der Waals surface area contributed by atoms with Crippen LogP contribution in [0.3, 0.4) is 0 Å². The summed E-state index contributed by atoms with van der Waals surface area (Å²) < 4.78 is 0. The van der Waals surface area contributed by atoms with Gasteiger partial charge in [-0.15, -0.1) is 0 Å². The van der Waals surface area contributed by atoms with Crippen molar-refractivity contribution in [1.29, 1.82) is 0 Å². The van der Waals surface area contributed by atoms with Gasteiger partial charge in [-0.2, -0.15) is 0 Å². The van der Waals surface area contributed by atoms with E-state index in [9.17, 15) is 4.79 Å². The molecule has 2 heterocycles. The Kier molecular flexibility index (Phi) is 2.16. The zero-order valence-electron chi connectivity index (χ0n) is 9.69. The predicted molar refractivity (Wildman–Crippen MR) is 66.9 cm³/mol. The van der Waals surface area contributed by atoms with Gasteiger partial charge in [0.1, 0.15) is 11.2 Å². The number of nitrogens with zero attached hydrogens (tertiary/aromatic N) is 2. The number of aromatic amines is 2. The molecule has 1 amide bonds. The Bertz CT molecular complexity index is 740. The summed E-state index contributed by atoms with van der Waals surface area (Å²) in [5, 5.41) is 0. The number of benzene rings is 1. The summed E-state index contributed by atoms with van der Waals surface area (Å²) >= 11 is 0. The molecule has 6 nitrogen and oxygen atoms in total. The molecule has 6 heteroatoms. The SMILES string of the molecule is Cc1[nH]cnc1-c1nc2c(C(N)=O)cccc2[nH]1. The van der Waals surface area contributed by atoms with Gasteiger partial charge in [0.05, 0.1) is 17.4 Å². The third-order valence-corrected chi connectivity index (χ3v) is 2.83. The van der Waals surface area contributed by atoms with Crippen molar-refractivity contribution in [3.8, 4) is 11.5 Å². The van der Waals surface area contributed by atoms with Gasteiger partial charge in [-0.25, -0.2) is 9.97 Å². The van der Waals surface area contributed by atoms with Crippen LogP contribution in [0.1, 0.15) is 16.1 Å². The number of nitrogens with one attached hydrogen (secondary N) is 2. The summed E-state index contributed by atoms with van der Waals surface area (Å²) in [6.07, 6.45) is 1.60. The van der Waals surface area contributed by atoms with Gasteiger partial charge in [0, 0.05) is 5.69 Å². The van der Waals surface area contributed by atoms with Crippen LogP contribution in [0.4, 0.5) is 0 Å². The van der Waals surface area contributed by atoms with Crippen LogP contribution in [0, 0.1) is 6.92 Å². The van der Waals surface area contributed by atoms with Gasteiger partial charge >= 0.3 is 0 Å². The Morgan fingerprint density at radius 1 is 1.39 bits per heavy atom. The molecule has 0 saturated carbocycles. The van der Waals surface area contributed by atoms with E-state index in [0.29, 0.717) is 16.9 Å². The lowest BCUT2D eigenvalue weighted by atomic mass is 10.2. The molecular formula is C12H11N5O. The van der Waals surface area contributed by atoms with Crippen LogP contribution in [-0.4, -0.2) is 25.8 Å². The summed E-state index contributed by atoms with van der Waals surface area (Å²) in [7, 11) is 0. The predicted octanol–water partition coefficient (Wildman–Crippen LogP) is 1.36. The van der Waals surface area contributed by atoms with Crippen LogP contribution in [-0.2, 0) is 0 Å². The molecule has 3 aromatic rings. The zero-order chi connectivity index (χ0) is 12.7. The first-order valence-corrected chi connectivity index (χ1v) is 5.45. The second-order valence-corrected chi connectivity index (χ2v) is 4.03. The molecule has 0 radical (unpaired) electrons. The highest BCUT2D eigenvalue weighted by atomic mass is 16.1. The molecule has 0 unspecified atom stereocenters. The van der Waals surface area contributed by atoms with Gasteiger partial charge in [-0.05, 0) is 19.1 Å². The minimum Gasteiger partial charge on any atom is -0.366 e. The topological polar surface area (TPSA) is 100 Å². The number of aromatic nitrogens is 4. The monoisotopic (exact) mass is 241 g/mol. The lowest BCUT2D eigenvalue weighted by molar-refractivity contribution is 0.100. The first-order valence-electron chi connectivity index (χ1n) is 5.45. The molecule has 1 aromatic carbocycles. The van der Waals surface area contributed by atoms with Crippen molar-refractivity contribution in [2.24, 2.45) is 5.73 Å². The van der Waals surface area contributed by atoms with Gasteiger partial charge in [-0.3, -0.25) is 4.79 Å². The van der Waals surface area contributed by atoms with Crippen molar-refractivity contribution in [1.82, 2.24) is 19.9 Å². The van der Waals surface area contributed by atoms with Gasteiger partial charge in [0.2, 0.25) is 0 Å². The number of primary amides is 1. The van der Waals surface area contributed by atoms with Crippen molar-refractivity contribution < 1.29 is 4.79 Å². The minimum atomic E-state index is -0.489. The van der Waals surface area contributed by atoms with Crippen molar-refractivity contribution >= 4 is 16.9 Å². The second kappa shape index (κ2) is 3.69. The Balaban J connectivity index is 2.26. The summed E-state index contributed by atoms with van der Waals surface area (Å²) in [6, 6.07) is 5.27. The number of aryl methyl sites for hydroxylation is 1. The van der Waals surface area contributed by atoms with Crippen LogP contribution in [0.25, 0.3) is 22.6 Å². The fourth-order valence-electron chi connectivity index (χ4n) is 1.94. The summed E-state index contributed by atoms with van der Waals surface area (Å²) in [6.45, 7) is 1.91. The maximum absolute atomic E-state index is 11.3. The summed E-state index contributed by atoms with van der Waals surface area (Å²) in [5.41, 5.74) is 8.72. The van der Waals surface area contributed by atoms with Crippen LogP contribution in [0.2, 0.25) is 0 Å². The van der Waals surface area contributed by atoms with Gasteiger partial charge in [0.25, 0.3) is 5.91 Å². The molecular weight excluding hydrogens is 230 g/mol. The molecule has 3 rings (SSSR count). The molecule has 4 N–H and O–H groups in total. The van der Waals surface area contributed by atoms with E-state index < -0.39 is 5.91 Å². The number of nitrogens with two attached hydrogens (primary N) is 1. The molecule has 0 fully saturated rings. The van der Waals surface area contributed by atoms with E-state index in [1.807, 2.05) is 13.0 Å². The van der Waals surface area contributed by atoms with Crippen LogP contribution < -0.4 is 5.73 Å². The summed E-state index contributed by atoms with van der Waals surface area (Å²) in [5.74, 6) is 0.134. The number of amides is 1. The number of carbonyl (C=O) groups is 1. The number of fused-ring (bicyclic) bond motifs is 1. The molecule has 0 atom stereocenters. The third-order valence-electron chi connectivity index (χ3n) is 2.83. The largest absolute Gasteiger partial charge is 0.366 e. The minimum absolute atomic E-state index is 0.406. The normalized spacial score (nSPS) is 10.9. The van der Waals surface area contributed by atoms with E-state index in [-0.39, 0.29) is 0 Å². The molecule has 0 saturated heterocycles. The smallest absolute Gasteiger partial charge is 0.250 e. The maximum atomic E-state index is 11.3. The number of para-hydroxylation sites is 1. The molecule has 2 aromatic heterocycles. The van der Waals surface area contributed by atoms with E-state index in [1.165, 1.54) is 0 Å². The first-order chi connectivity index (χ1) is 8.66.